The van der Waals surface area contributed by atoms with E-state index in [-0.39, 0.29) is 5.92 Å². The molecule has 1 heterocycles. The van der Waals surface area contributed by atoms with Gasteiger partial charge in [-0.25, -0.2) is 9.36 Å². The van der Waals surface area contributed by atoms with Gasteiger partial charge >= 0.3 is 5.69 Å². The molecule has 0 fully saturated rings. The van der Waals surface area contributed by atoms with Crippen LogP contribution in [0.1, 0.15) is 19.9 Å². The van der Waals surface area contributed by atoms with Crippen LogP contribution in [0.2, 0.25) is 0 Å². The molecule has 7 heteroatoms. The summed E-state index contributed by atoms with van der Waals surface area (Å²) in [5, 5.41) is 3.13. The van der Waals surface area contributed by atoms with Gasteiger partial charge in [0.25, 0.3) is 5.56 Å². The number of carbonyl (C=O) groups is 1. The Hall–Kier alpha value is -3.35. The van der Waals surface area contributed by atoms with Crippen LogP contribution in [0.5, 0.6) is 5.75 Å². The average molecular weight is 367 g/mol. The molecular weight excluding hydrogens is 346 g/mol. The molecule has 7 nitrogen and oxygen atoms in total. The molecule has 3 rings (SSSR count). The molecule has 3 aromatic rings. The van der Waals surface area contributed by atoms with Crippen LogP contribution in [-0.4, -0.2) is 22.6 Å². The summed E-state index contributed by atoms with van der Waals surface area (Å²) in [5.41, 5.74) is -0.137. The third-order valence-electron chi connectivity index (χ3n) is 4.35. The highest BCUT2D eigenvalue weighted by atomic mass is 16.5. The summed E-state index contributed by atoms with van der Waals surface area (Å²) in [6.07, 6.45) is 0. The van der Waals surface area contributed by atoms with E-state index in [1.165, 1.54) is 7.11 Å². The molecule has 2 aromatic carbocycles. The average Bonchev–Trinajstić information content (AvgIpc) is 2.64. The highest BCUT2D eigenvalue weighted by Gasteiger charge is 2.28. The largest absolute Gasteiger partial charge is 0.497 e. The van der Waals surface area contributed by atoms with Crippen LogP contribution < -0.4 is 21.3 Å². The zero-order chi connectivity index (χ0) is 19.6. The Morgan fingerprint density at radius 1 is 1.11 bits per heavy atom. The highest BCUT2D eigenvalue weighted by Crippen LogP contribution is 2.21. The second-order valence-corrected chi connectivity index (χ2v) is 6.56. The predicted molar refractivity (Wildman–Crippen MR) is 104 cm³/mol. The highest BCUT2D eigenvalue weighted by molar-refractivity contribution is 5.94. The van der Waals surface area contributed by atoms with Crippen molar-refractivity contribution in [2.75, 3.05) is 12.4 Å². The number of nitrogens with zero attached hydrogens (tertiary/aromatic N) is 1. The lowest BCUT2D eigenvalue weighted by molar-refractivity contribution is -0.120. The summed E-state index contributed by atoms with van der Waals surface area (Å²) >= 11 is 0. The van der Waals surface area contributed by atoms with E-state index in [9.17, 15) is 14.4 Å². The van der Waals surface area contributed by atoms with E-state index in [4.69, 9.17) is 4.74 Å². The first-order valence-electron chi connectivity index (χ1n) is 8.61. The first-order valence-corrected chi connectivity index (χ1v) is 8.61. The van der Waals surface area contributed by atoms with Gasteiger partial charge < -0.3 is 15.0 Å². The minimum Gasteiger partial charge on any atom is -0.497 e. The van der Waals surface area contributed by atoms with E-state index in [0.29, 0.717) is 22.3 Å². The van der Waals surface area contributed by atoms with Crippen LogP contribution in [-0.2, 0) is 4.79 Å². The maximum Gasteiger partial charge on any atom is 0.329 e. The normalized spacial score (nSPS) is 12.1. The Balaban J connectivity index is 2.06. The van der Waals surface area contributed by atoms with Crippen molar-refractivity contribution in [2.45, 2.75) is 19.9 Å². The molecule has 0 unspecified atom stereocenters. The summed E-state index contributed by atoms with van der Waals surface area (Å²) in [5.74, 6) is -0.133. The number of amides is 1. The van der Waals surface area contributed by atoms with E-state index in [2.05, 4.69) is 10.3 Å². The van der Waals surface area contributed by atoms with Gasteiger partial charge in [0.2, 0.25) is 5.91 Å². The van der Waals surface area contributed by atoms with Crippen molar-refractivity contribution in [2.24, 2.45) is 5.92 Å². The van der Waals surface area contributed by atoms with Crippen LogP contribution in [0.15, 0.2) is 58.1 Å². The summed E-state index contributed by atoms with van der Waals surface area (Å²) in [6.45, 7) is 3.58. The monoisotopic (exact) mass is 367 g/mol. The van der Waals surface area contributed by atoms with Crippen molar-refractivity contribution in [1.82, 2.24) is 9.55 Å². The molecule has 0 bridgehead atoms. The van der Waals surface area contributed by atoms with Gasteiger partial charge in [-0.15, -0.1) is 0 Å². The number of carbonyl (C=O) groups excluding carboxylic acids is 1. The maximum atomic E-state index is 12.9. The van der Waals surface area contributed by atoms with Crippen molar-refractivity contribution in [3.8, 4) is 5.75 Å². The lowest BCUT2D eigenvalue weighted by Gasteiger charge is -2.22. The molecule has 27 heavy (non-hydrogen) atoms. The van der Waals surface area contributed by atoms with Gasteiger partial charge in [0.1, 0.15) is 11.8 Å². The summed E-state index contributed by atoms with van der Waals surface area (Å²) in [6, 6.07) is 12.7. The lowest BCUT2D eigenvalue weighted by Crippen LogP contribution is -2.44. The number of aromatic amines is 1. The smallest absolute Gasteiger partial charge is 0.329 e. The van der Waals surface area contributed by atoms with Crippen LogP contribution in [0.4, 0.5) is 5.69 Å². The number of rotatable bonds is 5. The van der Waals surface area contributed by atoms with Crippen LogP contribution in [0.25, 0.3) is 10.9 Å². The van der Waals surface area contributed by atoms with Gasteiger partial charge in [0, 0.05) is 11.8 Å². The second kappa shape index (κ2) is 7.49. The minimum atomic E-state index is -0.961. The molecule has 0 spiro atoms. The summed E-state index contributed by atoms with van der Waals surface area (Å²) in [4.78, 5) is 41.1. The molecule has 0 aliphatic rings. The molecule has 0 aliphatic carbocycles. The number of H-pyrrole nitrogens is 1. The van der Waals surface area contributed by atoms with Crippen LogP contribution in [0, 0.1) is 5.92 Å². The topological polar surface area (TPSA) is 93.2 Å². The maximum absolute atomic E-state index is 12.9. The van der Waals surface area contributed by atoms with Crippen LogP contribution >= 0.6 is 0 Å². The third kappa shape index (κ3) is 3.62. The van der Waals surface area contributed by atoms with E-state index in [1.54, 1.807) is 62.4 Å². The molecule has 0 saturated carbocycles. The number of benzene rings is 2. The Kier molecular flexibility index (Phi) is 5.12. The number of anilines is 1. The van der Waals surface area contributed by atoms with Gasteiger partial charge in [-0.2, -0.15) is 0 Å². The molecular formula is C20H21N3O4. The van der Waals surface area contributed by atoms with Gasteiger partial charge in [0.15, 0.2) is 0 Å². The number of para-hydroxylation sites is 1. The molecule has 1 atom stereocenters. The Morgan fingerprint density at radius 2 is 1.85 bits per heavy atom. The fourth-order valence-electron chi connectivity index (χ4n) is 3.06. The second-order valence-electron chi connectivity index (χ2n) is 6.56. The Labute approximate surface area is 155 Å². The van der Waals surface area contributed by atoms with Gasteiger partial charge in [0.05, 0.1) is 18.0 Å². The Bertz CT molecular complexity index is 1100. The number of ether oxygens (including phenoxy) is 1. The Morgan fingerprint density at radius 3 is 2.56 bits per heavy atom. The molecule has 0 radical (unpaired) electrons. The number of fused-ring (bicyclic) bond motifs is 1. The van der Waals surface area contributed by atoms with E-state index in [1.807, 2.05) is 0 Å². The standard InChI is InChI=1S/C20H21N3O4/c1-12(2)17(18(24)21-13-7-6-8-14(11-13)27-3)23-19(25)15-9-4-5-10-16(15)22-20(23)26/h4-12,17H,1-3H3,(H,21,24)(H,22,26)/t17-/m0/s1. The quantitative estimate of drug-likeness (QED) is 0.725. The van der Waals surface area contributed by atoms with Gasteiger partial charge in [-0.05, 0) is 30.2 Å². The van der Waals surface area contributed by atoms with E-state index < -0.39 is 23.2 Å². The van der Waals surface area contributed by atoms with E-state index in [0.717, 1.165) is 4.57 Å². The molecule has 2 N–H and O–H groups in total. The first-order chi connectivity index (χ1) is 12.9. The third-order valence-corrected chi connectivity index (χ3v) is 4.35. The van der Waals surface area contributed by atoms with Crippen molar-refractivity contribution >= 4 is 22.5 Å². The first kappa shape index (κ1) is 18.4. The zero-order valence-electron chi connectivity index (χ0n) is 15.4. The molecule has 140 valence electrons. The fourth-order valence-corrected chi connectivity index (χ4v) is 3.06. The van der Waals surface area contributed by atoms with Crippen molar-refractivity contribution in [1.29, 1.82) is 0 Å². The number of aromatic nitrogens is 2. The molecule has 0 saturated heterocycles. The molecule has 1 aromatic heterocycles. The van der Waals surface area contributed by atoms with Crippen molar-refractivity contribution in [3.05, 3.63) is 69.4 Å². The number of methoxy groups -OCH3 is 1. The minimum absolute atomic E-state index is 0.282. The number of hydrogen-bond acceptors (Lipinski definition) is 4. The predicted octanol–water partition coefficient (Wildman–Crippen LogP) is 2.53. The molecule has 0 aliphatic heterocycles. The van der Waals surface area contributed by atoms with Crippen molar-refractivity contribution < 1.29 is 9.53 Å². The number of nitrogens with one attached hydrogen (secondary N) is 2. The summed E-state index contributed by atoms with van der Waals surface area (Å²) in [7, 11) is 1.53. The fraction of sp³-hybridized carbons (Fsp3) is 0.250. The SMILES string of the molecule is COc1cccc(NC(=O)[C@H](C(C)C)n2c(=O)[nH]c3ccccc3c2=O)c1. The van der Waals surface area contributed by atoms with E-state index >= 15 is 0 Å². The molecule has 1 amide bonds. The zero-order valence-corrected chi connectivity index (χ0v) is 15.4. The van der Waals surface area contributed by atoms with Gasteiger partial charge in [-0.1, -0.05) is 32.0 Å². The summed E-state index contributed by atoms with van der Waals surface area (Å²) < 4.78 is 6.14. The lowest BCUT2D eigenvalue weighted by atomic mass is 10.0. The van der Waals surface area contributed by atoms with Crippen LogP contribution in [0.3, 0.4) is 0 Å². The van der Waals surface area contributed by atoms with Gasteiger partial charge in [-0.3, -0.25) is 9.59 Å². The van der Waals surface area contributed by atoms with Crippen molar-refractivity contribution in [3.63, 3.8) is 0 Å². The number of hydrogen-bond donors (Lipinski definition) is 2.